The molecule has 0 aliphatic heterocycles. The summed E-state index contributed by atoms with van der Waals surface area (Å²) in [4.78, 5) is 22.0. The number of halogens is 1. The van der Waals surface area contributed by atoms with Gasteiger partial charge in [-0.15, -0.1) is 0 Å². The molecule has 1 aromatic carbocycles. The van der Waals surface area contributed by atoms with Gasteiger partial charge in [0.2, 0.25) is 5.91 Å². The number of amides is 1. The number of nitrogens with two attached hydrogens (primary N) is 1. The van der Waals surface area contributed by atoms with Gasteiger partial charge in [0.15, 0.2) is 0 Å². The first kappa shape index (κ1) is 15.4. The van der Waals surface area contributed by atoms with Crippen molar-refractivity contribution in [2.24, 2.45) is 11.7 Å². The molecule has 0 aliphatic rings. The van der Waals surface area contributed by atoms with Gasteiger partial charge in [-0.3, -0.25) is 14.9 Å². The summed E-state index contributed by atoms with van der Waals surface area (Å²) >= 11 is 5.80. The highest BCUT2D eigenvalue weighted by atomic mass is 35.5. The number of hydrogen-bond donors (Lipinski definition) is 2. The van der Waals surface area contributed by atoms with Crippen molar-refractivity contribution >= 4 is 28.9 Å². The Morgan fingerprint density at radius 2 is 2.05 bits per heavy atom. The van der Waals surface area contributed by atoms with Crippen molar-refractivity contribution in [3.8, 4) is 0 Å². The van der Waals surface area contributed by atoms with E-state index < -0.39 is 11.0 Å². The third-order valence-corrected chi connectivity index (χ3v) is 3.07. The molecule has 1 rings (SSSR count). The van der Waals surface area contributed by atoms with Crippen LogP contribution in [0.4, 0.5) is 11.4 Å². The number of rotatable bonds is 4. The predicted molar refractivity (Wildman–Crippen MR) is 74.3 cm³/mol. The second-order valence-electron chi connectivity index (χ2n) is 4.63. The van der Waals surface area contributed by atoms with E-state index in [-0.39, 0.29) is 22.5 Å². The highest BCUT2D eigenvalue weighted by molar-refractivity contribution is 6.33. The van der Waals surface area contributed by atoms with Crippen molar-refractivity contribution in [2.75, 3.05) is 5.32 Å². The van der Waals surface area contributed by atoms with Gasteiger partial charge in [0.25, 0.3) is 5.69 Å². The maximum absolute atomic E-state index is 11.8. The van der Waals surface area contributed by atoms with Crippen molar-refractivity contribution < 1.29 is 9.72 Å². The number of nitro groups is 1. The fourth-order valence-corrected chi connectivity index (χ4v) is 1.69. The molecule has 0 aliphatic carbocycles. The maximum atomic E-state index is 11.8. The van der Waals surface area contributed by atoms with Crippen LogP contribution in [0.1, 0.15) is 19.4 Å². The number of carbonyl (C=O) groups excluding carboxylic acids is 1. The third kappa shape index (κ3) is 3.65. The van der Waals surface area contributed by atoms with Gasteiger partial charge in [-0.05, 0) is 24.5 Å². The van der Waals surface area contributed by atoms with Crippen LogP contribution in [-0.2, 0) is 4.79 Å². The zero-order valence-electron chi connectivity index (χ0n) is 10.9. The molecule has 7 heteroatoms. The Morgan fingerprint density at radius 3 is 2.53 bits per heavy atom. The normalized spacial score (nSPS) is 12.3. The number of benzene rings is 1. The fourth-order valence-electron chi connectivity index (χ4n) is 1.46. The smallest absolute Gasteiger partial charge is 0.288 e. The molecular weight excluding hydrogens is 270 g/mol. The first-order valence-electron chi connectivity index (χ1n) is 5.75. The molecule has 3 N–H and O–H groups in total. The molecule has 0 saturated carbocycles. The summed E-state index contributed by atoms with van der Waals surface area (Å²) in [7, 11) is 0. The van der Waals surface area contributed by atoms with Crippen molar-refractivity contribution in [1.29, 1.82) is 0 Å². The van der Waals surface area contributed by atoms with Crippen LogP contribution in [0, 0.1) is 23.0 Å². The lowest BCUT2D eigenvalue weighted by Crippen LogP contribution is -2.39. The zero-order chi connectivity index (χ0) is 14.7. The van der Waals surface area contributed by atoms with Gasteiger partial charge in [-0.25, -0.2) is 0 Å². The monoisotopic (exact) mass is 285 g/mol. The molecule has 1 atom stereocenters. The molecule has 1 amide bonds. The molecule has 0 saturated heterocycles. The predicted octanol–water partition coefficient (Wildman–Crippen LogP) is 2.48. The molecular formula is C12H16ClN3O3. The van der Waals surface area contributed by atoms with Gasteiger partial charge in [-0.2, -0.15) is 0 Å². The van der Waals surface area contributed by atoms with Crippen molar-refractivity contribution in [3.63, 3.8) is 0 Å². The van der Waals surface area contributed by atoms with Gasteiger partial charge >= 0.3 is 0 Å². The Kier molecular flexibility index (Phi) is 4.85. The van der Waals surface area contributed by atoms with E-state index in [1.54, 1.807) is 6.92 Å². The number of nitrogens with one attached hydrogen (secondary N) is 1. The van der Waals surface area contributed by atoms with E-state index in [2.05, 4.69) is 5.32 Å². The summed E-state index contributed by atoms with van der Waals surface area (Å²) in [5.74, 6) is -0.350. The highest BCUT2D eigenvalue weighted by Gasteiger charge is 2.20. The first-order valence-corrected chi connectivity index (χ1v) is 6.12. The van der Waals surface area contributed by atoms with Crippen molar-refractivity contribution in [3.05, 3.63) is 32.8 Å². The molecule has 6 nitrogen and oxygen atoms in total. The Morgan fingerprint density at radius 1 is 1.47 bits per heavy atom. The minimum atomic E-state index is -0.645. The Hall–Kier alpha value is -1.66. The summed E-state index contributed by atoms with van der Waals surface area (Å²) in [6, 6.07) is 2.03. The number of anilines is 1. The van der Waals surface area contributed by atoms with Crippen LogP contribution in [-0.4, -0.2) is 16.9 Å². The standard InChI is InChI=1S/C12H16ClN3O3/c1-6(2)11(14)12(17)15-9-5-8(13)10(16(18)19)4-7(9)3/h4-6,11H,14H2,1-3H3,(H,15,17). The fraction of sp³-hybridized carbons (Fsp3) is 0.417. The van der Waals surface area contributed by atoms with E-state index in [1.165, 1.54) is 12.1 Å². The lowest BCUT2D eigenvalue weighted by Gasteiger charge is -2.16. The van der Waals surface area contributed by atoms with Gasteiger partial charge in [-0.1, -0.05) is 25.4 Å². The molecule has 0 heterocycles. The Balaban J connectivity index is 3.01. The largest absolute Gasteiger partial charge is 0.324 e. The Bertz CT molecular complexity index is 517. The van der Waals surface area contributed by atoms with Gasteiger partial charge in [0.05, 0.1) is 11.0 Å². The van der Waals surface area contributed by atoms with Crippen LogP contribution in [0.15, 0.2) is 12.1 Å². The zero-order valence-corrected chi connectivity index (χ0v) is 11.7. The molecule has 0 radical (unpaired) electrons. The Labute approximate surface area is 116 Å². The molecule has 104 valence electrons. The number of nitrogens with zero attached hydrogens (tertiary/aromatic N) is 1. The molecule has 1 unspecified atom stereocenters. The highest BCUT2D eigenvalue weighted by Crippen LogP contribution is 2.30. The minimum Gasteiger partial charge on any atom is -0.324 e. The number of hydrogen-bond acceptors (Lipinski definition) is 4. The second-order valence-corrected chi connectivity index (χ2v) is 5.04. The van der Waals surface area contributed by atoms with Crippen LogP contribution in [0.5, 0.6) is 0 Å². The maximum Gasteiger partial charge on any atom is 0.288 e. The summed E-state index contributed by atoms with van der Waals surface area (Å²) in [6.07, 6.45) is 0. The molecule has 1 aromatic rings. The van der Waals surface area contributed by atoms with Gasteiger partial charge in [0.1, 0.15) is 5.02 Å². The summed E-state index contributed by atoms with van der Waals surface area (Å²) in [6.45, 7) is 5.32. The van der Waals surface area contributed by atoms with Crippen molar-refractivity contribution in [1.82, 2.24) is 0 Å². The quantitative estimate of drug-likeness (QED) is 0.656. The van der Waals surface area contributed by atoms with Crippen molar-refractivity contribution in [2.45, 2.75) is 26.8 Å². The summed E-state index contributed by atoms with van der Waals surface area (Å²) < 4.78 is 0. The molecule has 0 fully saturated rings. The average molecular weight is 286 g/mol. The summed E-state index contributed by atoms with van der Waals surface area (Å²) in [5, 5.41) is 13.3. The van der Waals surface area contributed by atoms with Gasteiger partial charge in [0, 0.05) is 11.8 Å². The van der Waals surface area contributed by atoms with E-state index in [0.29, 0.717) is 11.3 Å². The topological polar surface area (TPSA) is 98.3 Å². The lowest BCUT2D eigenvalue weighted by atomic mass is 10.0. The van der Waals surface area contributed by atoms with E-state index in [0.717, 1.165) is 0 Å². The van der Waals surface area contributed by atoms with Crippen LogP contribution < -0.4 is 11.1 Å². The van der Waals surface area contributed by atoms with E-state index in [9.17, 15) is 14.9 Å². The number of carbonyl (C=O) groups is 1. The number of nitro benzene ring substituents is 1. The van der Waals surface area contributed by atoms with E-state index >= 15 is 0 Å². The first-order chi connectivity index (χ1) is 8.73. The third-order valence-electron chi connectivity index (χ3n) is 2.77. The van der Waals surface area contributed by atoms with E-state index in [4.69, 9.17) is 17.3 Å². The molecule has 0 bridgehead atoms. The molecule has 0 aromatic heterocycles. The second kappa shape index (κ2) is 5.99. The molecule has 19 heavy (non-hydrogen) atoms. The minimum absolute atomic E-state index is 0.00572. The van der Waals surface area contributed by atoms with E-state index in [1.807, 2.05) is 13.8 Å². The lowest BCUT2D eigenvalue weighted by molar-refractivity contribution is -0.384. The SMILES string of the molecule is Cc1cc([N+](=O)[O-])c(Cl)cc1NC(=O)C(N)C(C)C. The average Bonchev–Trinajstić information content (AvgIpc) is 2.31. The number of aryl methyl sites for hydroxylation is 1. The van der Waals surface area contributed by atoms with Crippen LogP contribution in [0.3, 0.4) is 0 Å². The van der Waals surface area contributed by atoms with Crippen LogP contribution in [0.25, 0.3) is 0 Å². The van der Waals surface area contributed by atoms with Gasteiger partial charge < -0.3 is 11.1 Å². The summed E-state index contributed by atoms with van der Waals surface area (Å²) in [5.41, 5.74) is 6.51. The molecule has 0 spiro atoms. The van der Waals surface area contributed by atoms with Crippen LogP contribution >= 0.6 is 11.6 Å². The van der Waals surface area contributed by atoms with Crippen LogP contribution in [0.2, 0.25) is 5.02 Å².